The highest BCUT2D eigenvalue weighted by molar-refractivity contribution is 5.96. The van der Waals surface area contributed by atoms with Crippen molar-refractivity contribution in [2.75, 3.05) is 6.61 Å². The smallest absolute Gasteiger partial charge is 0.268 e. The molecule has 2 heterocycles. The van der Waals surface area contributed by atoms with Crippen molar-refractivity contribution in [1.29, 1.82) is 0 Å². The number of amides is 1. The van der Waals surface area contributed by atoms with Crippen molar-refractivity contribution < 1.29 is 9.53 Å². The zero-order valence-electron chi connectivity index (χ0n) is 12.9. The fraction of sp³-hybridized carbons (Fsp3) is 0.158. The number of carbonyl (C=O) groups excluding carboxylic acids is 1. The van der Waals surface area contributed by atoms with Crippen LogP contribution in [0.5, 0.6) is 5.75 Å². The Morgan fingerprint density at radius 2 is 1.92 bits per heavy atom. The summed E-state index contributed by atoms with van der Waals surface area (Å²) < 4.78 is 5.61. The van der Waals surface area contributed by atoms with Crippen molar-refractivity contribution in [3.63, 3.8) is 0 Å². The Balaban J connectivity index is 1.65. The highest BCUT2D eigenvalue weighted by atomic mass is 16.5. The summed E-state index contributed by atoms with van der Waals surface area (Å²) in [6.07, 6.45) is 0.695. The van der Waals surface area contributed by atoms with Gasteiger partial charge in [0.15, 0.2) is 0 Å². The second kappa shape index (κ2) is 5.85. The van der Waals surface area contributed by atoms with Gasteiger partial charge in [0.05, 0.1) is 12.6 Å². The average Bonchev–Trinajstić information content (AvgIpc) is 2.62. The predicted molar refractivity (Wildman–Crippen MR) is 91.3 cm³/mol. The highest BCUT2D eigenvalue weighted by Crippen LogP contribution is 2.31. The molecule has 1 atom stereocenters. The van der Waals surface area contributed by atoms with Crippen LogP contribution < -0.4 is 15.6 Å². The van der Waals surface area contributed by atoms with Crippen LogP contribution in [-0.4, -0.2) is 17.5 Å². The Labute approximate surface area is 138 Å². The minimum Gasteiger partial charge on any atom is -0.493 e. The van der Waals surface area contributed by atoms with Gasteiger partial charge in [-0.05, 0) is 23.6 Å². The number of H-pyrrole nitrogens is 1. The number of ether oxygens (including phenoxy) is 1. The van der Waals surface area contributed by atoms with Crippen LogP contribution in [0.25, 0.3) is 10.8 Å². The third-order valence-corrected chi connectivity index (χ3v) is 4.26. The van der Waals surface area contributed by atoms with Crippen molar-refractivity contribution in [2.45, 2.75) is 12.5 Å². The first-order chi connectivity index (χ1) is 11.7. The van der Waals surface area contributed by atoms with Crippen LogP contribution >= 0.6 is 0 Å². The number of pyridine rings is 1. The van der Waals surface area contributed by atoms with Crippen LogP contribution in [0.1, 0.15) is 28.5 Å². The number of aromatic nitrogens is 1. The van der Waals surface area contributed by atoms with E-state index in [4.69, 9.17) is 4.74 Å². The van der Waals surface area contributed by atoms with Crippen molar-refractivity contribution in [3.05, 3.63) is 76.2 Å². The molecule has 0 unspecified atom stereocenters. The number of nitrogens with one attached hydrogen (secondary N) is 2. The SMILES string of the molecule is O=C(N[C@@H]1CCOc2ccccc21)c1cc2ccccc2c(=O)[nH]1. The lowest BCUT2D eigenvalue weighted by molar-refractivity contribution is 0.0919. The number of para-hydroxylation sites is 1. The van der Waals surface area contributed by atoms with Crippen molar-refractivity contribution >= 4 is 16.7 Å². The molecule has 3 aromatic rings. The van der Waals surface area contributed by atoms with Crippen LogP contribution in [0.3, 0.4) is 0 Å². The van der Waals surface area contributed by atoms with Gasteiger partial charge in [-0.2, -0.15) is 0 Å². The monoisotopic (exact) mass is 320 g/mol. The number of carbonyl (C=O) groups is 1. The summed E-state index contributed by atoms with van der Waals surface area (Å²) in [5.74, 6) is 0.501. The van der Waals surface area contributed by atoms with Crippen LogP contribution in [0.2, 0.25) is 0 Å². The molecule has 1 amide bonds. The molecule has 0 radical (unpaired) electrons. The molecule has 120 valence electrons. The lowest BCUT2D eigenvalue weighted by Crippen LogP contribution is -2.33. The van der Waals surface area contributed by atoms with Gasteiger partial charge < -0.3 is 15.0 Å². The van der Waals surface area contributed by atoms with E-state index in [-0.39, 0.29) is 23.2 Å². The van der Waals surface area contributed by atoms with Crippen LogP contribution in [0, 0.1) is 0 Å². The highest BCUT2D eigenvalue weighted by Gasteiger charge is 2.23. The first-order valence-corrected chi connectivity index (χ1v) is 7.87. The van der Waals surface area contributed by atoms with Gasteiger partial charge in [-0.15, -0.1) is 0 Å². The Morgan fingerprint density at radius 1 is 1.12 bits per heavy atom. The van der Waals surface area contributed by atoms with E-state index >= 15 is 0 Å². The van der Waals surface area contributed by atoms with Gasteiger partial charge in [-0.25, -0.2) is 0 Å². The topological polar surface area (TPSA) is 71.2 Å². The Kier molecular flexibility index (Phi) is 3.54. The predicted octanol–water partition coefficient (Wildman–Crippen LogP) is 2.78. The second-order valence-corrected chi connectivity index (χ2v) is 5.80. The number of rotatable bonds is 2. The van der Waals surface area contributed by atoms with Crippen molar-refractivity contribution in [2.24, 2.45) is 0 Å². The summed E-state index contributed by atoms with van der Waals surface area (Å²) in [4.78, 5) is 27.4. The number of hydrogen-bond donors (Lipinski definition) is 2. The Morgan fingerprint density at radius 3 is 2.83 bits per heavy atom. The molecule has 0 saturated heterocycles. The lowest BCUT2D eigenvalue weighted by Gasteiger charge is -2.26. The molecule has 24 heavy (non-hydrogen) atoms. The number of benzene rings is 2. The minimum atomic E-state index is -0.292. The molecule has 1 aliphatic heterocycles. The van der Waals surface area contributed by atoms with Gasteiger partial charge in [0.25, 0.3) is 11.5 Å². The Hall–Kier alpha value is -3.08. The molecule has 0 fully saturated rings. The maximum atomic E-state index is 12.6. The van der Waals surface area contributed by atoms with Gasteiger partial charge in [0.2, 0.25) is 0 Å². The quantitative estimate of drug-likeness (QED) is 0.763. The summed E-state index contributed by atoms with van der Waals surface area (Å²) in [6.45, 7) is 0.552. The van der Waals surface area contributed by atoms with Crippen molar-refractivity contribution in [1.82, 2.24) is 10.3 Å². The number of fused-ring (bicyclic) bond motifs is 2. The van der Waals surface area contributed by atoms with E-state index in [1.165, 1.54) is 0 Å². The van der Waals surface area contributed by atoms with Crippen LogP contribution in [0.15, 0.2) is 59.4 Å². The average molecular weight is 320 g/mol. The second-order valence-electron chi connectivity index (χ2n) is 5.80. The molecule has 0 spiro atoms. The molecule has 4 rings (SSSR count). The molecule has 1 aromatic heterocycles. The fourth-order valence-corrected chi connectivity index (χ4v) is 3.06. The van der Waals surface area contributed by atoms with E-state index in [9.17, 15) is 9.59 Å². The van der Waals surface area contributed by atoms with Gasteiger partial charge in [0, 0.05) is 17.4 Å². The molecular weight excluding hydrogens is 304 g/mol. The third-order valence-electron chi connectivity index (χ3n) is 4.26. The fourth-order valence-electron chi connectivity index (χ4n) is 3.06. The van der Waals surface area contributed by atoms with E-state index in [0.717, 1.165) is 16.7 Å². The largest absolute Gasteiger partial charge is 0.493 e. The minimum absolute atomic E-state index is 0.127. The summed E-state index contributed by atoms with van der Waals surface area (Å²) in [5, 5.41) is 4.32. The molecule has 5 heteroatoms. The first-order valence-electron chi connectivity index (χ1n) is 7.87. The van der Waals surface area contributed by atoms with E-state index in [1.54, 1.807) is 18.2 Å². The third kappa shape index (κ3) is 2.54. The lowest BCUT2D eigenvalue weighted by atomic mass is 10.0. The Bertz CT molecular complexity index is 978. The standard InChI is InChI=1S/C19H16N2O3/c22-18-13-6-2-1-5-12(13)11-16(21-18)19(23)20-15-9-10-24-17-8-4-3-7-14(15)17/h1-8,11,15H,9-10H2,(H,20,23)(H,21,22)/t15-/m1/s1. The molecule has 0 bridgehead atoms. The molecule has 0 saturated carbocycles. The van der Waals surface area contributed by atoms with Gasteiger partial charge in [-0.1, -0.05) is 36.4 Å². The molecule has 0 aliphatic carbocycles. The normalized spacial score (nSPS) is 16.2. The zero-order valence-corrected chi connectivity index (χ0v) is 12.9. The number of aromatic amines is 1. The summed E-state index contributed by atoms with van der Waals surface area (Å²) in [7, 11) is 0. The molecule has 1 aliphatic rings. The number of hydrogen-bond acceptors (Lipinski definition) is 3. The zero-order chi connectivity index (χ0) is 16.5. The van der Waals surface area contributed by atoms with Crippen LogP contribution in [-0.2, 0) is 0 Å². The maximum absolute atomic E-state index is 12.6. The van der Waals surface area contributed by atoms with E-state index < -0.39 is 0 Å². The summed E-state index contributed by atoms with van der Waals surface area (Å²) >= 11 is 0. The van der Waals surface area contributed by atoms with Gasteiger partial charge in [0.1, 0.15) is 11.4 Å². The molecule has 2 N–H and O–H groups in total. The summed E-state index contributed by atoms with van der Waals surface area (Å²) in [6, 6.07) is 16.5. The van der Waals surface area contributed by atoms with Crippen LogP contribution in [0.4, 0.5) is 0 Å². The molecule has 5 nitrogen and oxygen atoms in total. The van der Waals surface area contributed by atoms with Crippen molar-refractivity contribution in [3.8, 4) is 5.75 Å². The van der Waals surface area contributed by atoms with E-state index in [1.807, 2.05) is 36.4 Å². The summed E-state index contributed by atoms with van der Waals surface area (Å²) in [5.41, 5.74) is 0.966. The maximum Gasteiger partial charge on any atom is 0.268 e. The van der Waals surface area contributed by atoms with Gasteiger partial charge >= 0.3 is 0 Å². The van der Waals surface area contributed by atoms with Gasteiger partial charge in [-0.3, -0.25) is 9.59 Å². The van der Waals surface area contributed by atoms with E-state index in [0.29, 0.717) is 18.4 Å². The molecular formula is C19H16N2O3. The first kappa shape index (κ1) is 14.5. The van der Waals surface area contributed by atoms with E-state index in [2.05, 4.69) is 10.3 Å². The molecule has 2 aromatic carbocycles.